The maximum absolute atomic E-state index is 13.2. The second kappa shape index (κ2) is 5.73. The van der Waals surface area contributed by atoms with E-state index in [2.05, 4.69) is 20.8 Å². The molecule has 0 bridgehead atoms. The van der Waals surface area contributed by atoms with Gasteiger partial charge in [-0.25, -0.2) is 9.18 Å². The zero-order valence-corrected chi connectivity index (χ0v) is 11.9. The monoisotopic (exact) mass is 308 g/mol. The number of anilines is 1. The minimum atomic E-state index is -0.487. The van der Waals surface area contributed by atoms with E-state index in [0.717, 1.165) is 30.5 Å². The van der Waals surface area contributed by atoms with Gasteiger partial charge in [0.05, 0.1) is 6.20 Å². The van der Waals surface area contributed by atoms with Gasteiger partial charge in [-0.3, -0.25) is 5.10 Å². The highest BCUT2D eigenvalue weighted by Gasteiger charge is 2.21. The summed E-state index contributed by atoms with van der Waals surface area (Å²) in [4.78, 5) is 11.9. The molecule has 1 aliphatic rings. The van der Waals surface area contributed by atoms with Crippen LogP contribution in [0.2, 0.25) is 5.02 Å². The lowest BCUT2D eigenvalue weighted by atomic mass is 9.94. The molecule has 0 spiro atoms. The Morgan fingerprint density at radius 2 is 2.29 bits per heavy atom. The van der Waals surface area contributed by atoms with Gasteiger partial charge in [0.25, 0.3) is 0 Å². The van der Waals surface area contributed by atoms with Crippen LogP contribution in [0.4, 0.5) is 14.9 Å². The SMILES string of the molecule is O=C(Nc1cc(F)cc(Cl)c1)N[C@@H]1CCc2[nH]ncc2C1. The summed E-state index contributed by atoms with van der Waals surface area (Å²) in [6, 6.07) is 3.58. The highest BCUT2D eigenvalue weighted by molar-refractivity contribution is 6.30. The molecule has 3 rings (SSSR count). The number of carbonyl (C=O) groups excluding carboxylic acids is 1. The molecule has 1 aromatic carbocycles. The van der Waals surface area contributed by atoms with Crippen molar-refractivity contribution in [2.75, 3.05) is 5.32 Å². The van der Waals surface area contributed by atoms with E-state index in [0.29, 0.717) is 5.69 Å². The predicted molar refractivity (Wildman–Crippen MR) is 78.0 cm³/mol. The Balaban J connectivity index is 1.60. The topological polar surface area (TPSA) is 69.8 Å². The predicted octanol–water partition coefficient (Wildman–Crippen LogP) is 2.88. The third kappa shape index (κ3) is 3.33. The molecule has 0 aliphatic heterocycles. The highest BCUT2D eigenvalue weighted by atomic mass is 35.5. The molecule has 7 heteroatoms. The molecule has 0 saturated heterocycles. The maximum Gasteiger partial charge on any atom is 0.319 e. The van der Waals surface area contributed by atoms with Crippen LogP contribution in [0.25, 0.3) is 0 Å². The summed E-state index contributed by atoms with van der Waals surface area (Å²) in [5, 5.41) is 12.7. The van der Waals surface area contributed by atoms with Crippen LogP contribution in [0.3, 0.4) is 0 Å². The standard InChI is InChI=1S/C14H14ClFN4O/c15-9-4-10(16)6-12(5-9)19-14(21)18-11-1-2-13-8(3-11)7-17-20-13/h4-7,11H,1-3H2,(H,17,20)(H2,18,19,21)/t11-/m1/s1. The summed E-state index contributed by atoms with van der Waals surface area (Å²) in [6.07, 6.45) is 4.22. The van der Waals surface area contributed by atoms with Crippen LogP contribution < -0.4 is 10.6 Å². The maximum atomic E-state index is 13.2. The number of aromatic nitrogens is 2. The van der Waals surface area contributed by atoms with Gasteiger partial charge in [-0.15, -0.1) is 0 Å². The van der Waals surface area contributed by atoms with Gasteiger partial charge in [0.2, 0.25) is 0 Å². The van der Waals surface area contributed by atoms with E-state index >= 15 is 0 Å². The van der Waals surface area contributed by atoms with Gasteiger partial charge >= 0.3 is 6.03 Å². The molecular weight excluding hydrogens is 295 g/mol. The molecule has 1 aliphatic carbocycles. The van der Waals surface area contributed by atoms with E-state index in [1.54, 1.807) is 6.20 Å². The Morgan fingerprint density at radius 1 is 1.43 bits per heavy atom. The van der Waals surface area contributed by atoms with Gasteiger partial charge in [0, 0.05) is 22.4 Å². The molecule has 21 heavy (non-hydrogen) atoms. The van der Waals surface area contributed by atoms with Crippen molar-refractivity contribution in [1.29, 1.82) is 0 Å². The van der Waals surface area contributed by atoms with Gasteiger partial charge in [0.15, 0.2) is 0 Å². The van der Waals surface area contributed by atoms with Gasteiger partial charge in [0.1, 0.15) is 5.82 Å². The molecule has 0 fully saturated rings. The van der Waals surface area contributed by atoms with E-state index in [1.807, 2.05) is 0 Å². The number of halogens is 2. The number of nitrogens with zero attached hydrogens (tertiary/aromatic N) is 1. The number of rotatable bonds is 2. The quantitative estimate of drug-likeness (QED) is 0.798. The normalized spacial score (nSPS) is 17.1. The van der Waals surface area contributed by atoms with Crippen LogP contribution in [0, 0.1) is 5.82 Å². The number of urea groups is 1. The minimum absolute atomic E-state index is 0.0409. The van der Waals surface area contributed by atoms with E-state index in [1.165, 1.54) is 18.2 Å². The van der Waals surface area contributed by atoms with Gasteiger partial charge in [-0.05, 0) is 43.0 Å². The van der Waals surface area contributed by atoms with Crippen LogP contribution in [-0.4, -0.2) is 22.3 Å². The summed E-state index contributed by atoms with van der Waals surface area (Å²) >= 11 is 5.75. The van der Waals surface area contributed by atoms with Crippen molar-refractivity contribution in [3.8, 4) is 0 Å². The summed E-state index contributed by atoms with van der Waals surface area (Å²) in [5.74, 6) is -0.487. The molecule has 1 atom stereocenters. The number of hydrogen-bond acceptors (Lipinski definition) is 2. The third-order valence-corrected chi connectivity index (χ3v) is 3.69. The number of carbonyl (C=O) groups is 1. The van der Waals surface area contributed by atoms with Gasteiger partial charge in [-0.1, -0.05) is 11.6 Å². The summed E-state index contributed by atoms with van der Waals surface area (Å²) in [6.45, 7) is 0. The van der Waals surface area contributed by atoms with E-state index in [-0.39, 0.29) is 17.1 Å². The van der Waals surface area contributed by atoms with Crippen molar-refractivity contribution in [3.63, 3.8) is 0 Å². The fraction of sp³-hybridized carbons (Fsp3) is 0.286. The first kappa shape index (κ1) is 13.9. The number of amides is 2. The molecule has 0 unspecified atom stereocenters. The molecule has 0 saturated carbocycles. The van der Waals surface area contributed by atoms with Gasteiger partial charge in [-0.2, -0.15) is 5.10 Å². The number of nitrogens with one attached hydrogen (secondary N) is 3. The molecule has 1 aromatic heterocycles. The summed E-state index contributed by atoms with van der Waals surface area (Å²) in [5.41, 5.74) is 2.59. The average molecular weight is 309 g/mol. The lowest BCUT2D eigenvalue weighted by Crippen LogP contribution is -2.41. The summed E-state index contributed by atoms with van der Waals surface area (Å²) in [7, 11) is 0. The summed E-state index contributed by atoms with van der Waals surface area (Å²) < 4.78 is 13.2. The number of benzene rings is 1. The van der Waals surface area contributed by atoms with Crippen molar-refractivity contribution >= 4 is 23.3 Å². The first-order valence-corrected chi connectivity index (χ1v) is 7.02. The van der Waals surface area contributed by atoms with Crippen LogP contribution in [0.15, 0.2) is 24.4 Å². The first-order chi connectivity index (χ1) is 10.1. The molecule has 110 valence electrons. The van der Waals surface area contributed by atoms with Crippen molar-refractivity contribution in [1.82, 2.24) is 15.5 Å². The van der Waals surface area contributed by atoms with Crippen LogP contribution in [0.5, 0.6) is 0 Å². The largest absolute Gasteiger partial charge is 0.335 e. The molecule has 1 heterocycles. The van der Waals surface area contributed by atoms with Crippen LogP contribution in [0.1, 0.15) is 17.7 Å². The lowest BCUT2D eigenvalue weighted by Gasteiger charge is -2.23. The Labute approximate surface area is 125 Å². The van der Waals surface area contributed by atoms with Gasteiger partial charge < -0.3 is 10.6 Å². The van der Waals surface area contributed by atoms with E-state index in [9.17, 15) is 9.18 Å². The number of H-pyrrole nitrogens is 1. The van der Waals surface area contributed by atoms with Crippen LogP contribution >= 0.6 is 11.6 Å². The fourth-order valence-electron chi connectivity index (χ4n) is 2.52. The van der Waals surface area contributed by atoms with Crippen molar-refractivity contribution in [2.45, 2.75) is 25.3 Å². The Kier molecular flexibility index (Phi) is 3.79. The van der Waals surface area contributed by atoms with Crippen LogP contribution in [-0.2, 0) is 12.8 Å². The van der Waals surface area contributed by atoms with E-state index in [4.69, 9.17) is 11.6 Å². The molecule has 3 N–H and O–H groups in total. The second-order valence-electron chi connectivity index (χ2n) is 5.07. The van der Waals surface area contributed by atoms with Crippen molar-refractivity contribution in [2.24, 2.45) is 0 Å². The lowest BCUT2D eigenvalue weighted by molar-refractivity contribution is 0.247. The Hall–Kier alpha value is -2.08. The number of fused-ring (bicyclic) bond motifs is 1. The third-order valence-electron chi connectivity index (χ3n) is 3.47. The Morgan fingerprint density at radius 3 is 3.10 bits per heavy atom. The zero-order valence-electron chi connectivity index (χ0n) is 11.1. The zero-order chi connectivity index (χ0) is 14.8. The number of aromatic amines is 1. The smallest absolute Gasteiger partial charge is 0.319 e. The van der Waals surface area contributed by atoms with E-state index < -0.39 is 5.82 Å². The fourth-order valence-corrected chi connectivity index (χ4v) is 2.74. The molecule has 2 aromatic rings. The Bertz CT molecular complexity index is 652. The van der Waals surface area contributed by atoms with Crippen molar-refractivity contribution < 1.29 is 9.18 Å². The molecule has 2 amide bonds. The molecule has 0 radical (unpaired) electrons. The number of hydrogen-bond donors (Lipinski definition) is 3. The average Bonchev–Trinajstić information content (AvgIpc) is 2.84. The second-order valence-corrected chi connectivity index (χ2v) is 5.51. The van der Waals surface area contributed by atoms with Crippen molar-refractivity contribution in [3.05, 3.63) is 46.5 Å². The first-order valence-electron chi connectivity index (χ1n) is 6.65. The minimum Gasteiger partial charge on any atom is -0.335 e. The highest BCUT2D eigenvalue weighted by Crippen LogP contribution is 2.20. The molecule has 5 nitrogen and oxygen atoms in total. The number of aryl methyl sites for hydroxylation is 1. The molecular formula is C14H14ClFN4O.